The zero-order chi connectivity index (χ0) is 20.4. The summed E-state index contributed by atoms with van der Waals surface area (Å²) in [7, 11) is -3.86. The number of nitrogens with zero attached hydrogens (tertiary/aromatic N) is 2. The second-order valence-electron chi connectivity index (χ2n) is 6.77. The second kappa shape index (κ2) is 6.24. The first kappa shape index (κ1) is 20.2. The van der Waals surface area contributed by atoms with E-state index in [-0.39, 0.29) is 12.3 Å². The molecule has 0 bridgehead atoms. The molecule has 2 atom stereocenters. The summed E-state index contributed by atoms with van der Waals surface area (Å²) in [5.74, 6) is -1.42. The maximum atomic E-state index is 12.8. The van der Waals surface area contributed by atoms with Gasteiger partial charge in [-0.2, -0.15) is 0 Å². The first-order valence-corrected chi connectivity index (χ1v) is 10.8. The average molecular weight is 526 g/mol. The first-order chi connectivity index (χ1) is 12.3. The van der Waals surface area contributed by atoms with Crippen molar-refractivity contribution in [3.63, 3.8) is 0 Å². The number of non-ortho nitro benzene ring substituents is 1. The van der Waals surface area contributed by atoms with E-state index in [0.29, 0.717) is 5.56 Å². The van der Waals surface area contributed by atoms with E-state index in [1.807, 2.05) is 0 Å². The number of ether oxygens (including phenoxy) is 1. The lowest BCUT2D eigenvalue weighted by molar-refractivity contribution is -0.384. The maximum Gasteiger partial charge on any atom is 0.330 e. The summed E-state index contributed by atoms with van der Waals surface area (Å²) in [5.41, 5.74) is 0.391. The van der Waals surface area contributed by atoms with Crippen LogP contribution >= 0.6 is 31.9 Å². The molecule has 1 amide bonds. The lowest BCUT2D eigenvalue weighted by Crippen LogP contribution is -2.69. The van der Waals surface area contributed by atoms with Gasteiger partial charge in [-0.1, -0.05) is 31.9 Å². The molecule has 0 aliphatic carbocycles. The third-order valence-corrected chi connectivity index (χ3v) is 9.81. The Kier molecular flexibility index (Phi) is 4.67. The number of esters is 1. The first-order valence-electron chi connectivity index (χ1n) is 7.67. The lowest BCUT2D eigenvalue weighted by Gasteiger charge is -2.45. The summed E-state index contributed by atoms with van der Waals surface area (Å²) in [4.78, 5) is 36.1. The minimum absolute atomic E-state index is 0.104. The third-order valence-electron chi connectivity index (χ3n) is 4.80. The Morgan fingerprint density at radius 1 is 1.30 bits per heavy atom. The van der Waals surface area contributed by atoms with Crippen LogP contribution in [0.1, 0.15) is 19.4 Å². The molecule has 146 valence electrons. The molecular formula is C15H14Br2N2O7S. The molecule has 2 saturated heterocycles. The number of halogens is 2. The zero-order valence-electron chi connectivity index (χ0n) is 14.1. The van der Waals surface area contributed by atoms with Crippen LogP contribution in [0.2, 0.25) is 0 Å². The predicted octanol–water partition coefficient (Wildman–Crippen LogP) is 1.87. The summed E-state index contributed by atoms with van der Waals surface area (Å²) in [6, 6.07) is 4.11. The summed E-state index contributed by atoms with van der Waals surface area (Å²) in [5, 5.41) is 9.44. The number of rotatable bonds is 4. The van der Waals surface area contributed by atoms with E-state index in [9.17, 15) is 28.1 Å². The molecule has 0 radical (unpaired) electrons. The molecule has 2 heterocycles. The summed E-state index contributed by atoms with van der Waals surface area (Å²) < 4.78 is 27.8. The summed E-state index contributed by atoms with van der Waals surface area (Å²) >= 11 is 6.15. The Bertz CT molecular complexity index is 943. The molecule has 2 aliphatic rings. The van der Waals surface area contributed by atoms with Crippen molar-refractivity contribution < 1.29 is 27.7 Å². The van der Waals surface area contributed by atoms with Gasteiger partial charge in [0.25, 0.3) is 11.6 Å². The SMILES string of the molecule is CC1(C)[C@H](C(=O)OCc2ccc([N+](=O)[O-])cc2)N2C(=O)C(Br)(Br)[C@H]2S1(=O)=O. The summed E-state index contributed by atoms with van der Waals surface area (Å²) in [6.07, 6.45) is 0. The number of carbonyl (C=O) groups is 2. The van der Waals surface area contributed by atoms with Gasteiger partial charge < -0.3 is 9.64 Å². The Hall–Kier alpha value is -1.53. The van der Waals surface area contributed by atoms with Crippen molar-refractivity contribution in [1.82, 2.24) is 4.90 Å². The normalized spacial score (nSPS) is 26.8. The van der Waals surface area contributed by atoms with Crippen LogP contribution in [0.15, 0.2) is 24.3 Å². The number of sulfone groups is 1. The molecule has 9 nitrogen and oxygen atoms in total. The smallest absolute Gasteiger partial charge is 0.330 e. The molecule has 0 saturated carbocycles. The van der Waals surface area contributed by atoms with E-state index in [1.54, 1.807) is 0 Å². The van der Waals surface area contributed by atoms with Crippen LogP contribution in [0.3, 0.4) is 0 Å². The number of amides is 1. The highest BCUT2D eigenvalue weighted by Crippen LogP contribution is 2.56. The molecule has 2 aliphatic heterocycles. The van der Waals surface area contributed by atoms with Gasteiger partial charge in [0, 0.05) is 12.1 Å². The van der Waals surface area contributed by atoms with Gasteiger partial charge in [0.05, 0.1) is 4.92 Å². The Balaban J connectivity index is 1.80. The van der Waals surface area contributed by atoms with Gasteiger partial charge in [-0.3, -0.25) is 14.9 Å². The van der Waals surface area contributed by atoms with Gasteiger partial charge in [0.1, 0.15) is 17.4 Å². The molecule has 27 heavy (non-hydrogen) atoms. The molecular weight excluding hydrogens is 512 g/mol. The molecule has 1 aromatic carbocycles. The number of nitro groups is 1. The van der Waals surface area contributed by atoms with Gasteiger partial charge in [-0.05, 0) is 31.5 Å². The van der Waals surface area contributed by atoms with Crippen LogP contribution in [-0.2, 0) is 30.8 Å². The van der Waals surface area contributed by atoms with E-state index in [0.717, 1.165) is 4.90 Å². The largest absolute Gasteiger partial charge is 0.459 e. The van der Waals surface area contributed by atoms with Crippen molar-refractivity contribution >= 4 is 59.3 Å². The predicted molar refractivity (Wildman–Crippen MR) is 101 cm³/mol. The number of nitro benzene ring substituents is 1. The van der Waals surface area contributed by atoms with Crippen molar-refractivity contribution in [2.24, 2.45) is 0 Å². The van der Waals surface area contributed by atoms with Crippen molar-refractivity contribution in [2.75, 3.05) is 0 Å². The highest BCUT2D eigenvalue weighted by atomic mass is 79.9. The fraction of sp³-hybridized carbons (Fsp3) is 0.467. The van der Waals surface area contributed by atoms with E-state index >= 15 is 0 Å². The Labute approximate surface area is 171 Å². The number of benzene rings is 1. The van der Waals surface area contributed by atoms with Crippen LogP contribution in [-0.4, -0.2) is 49.5 Å². The molecule has 0 unspecified atom stereocenters. The van der Waals surface area contributed by atoms with Gasteiger partial charge >= 0.3 is 5.97 Å². The van der Waals surface area contributed by atoms with Crippen LogP contribution in [0, 0.1) is 10.1 Å². The van der Waals surface area contributed by atoms with Gasteiger partial charge in [0.2, 0.25) is 0 Å². The minimum Gasteiger partial charge on any atom is -0.459 e. The van der Waals surface area contributed by atoms with E-state index in [4.69, 9.17) is 4.74 Å². The number of hydrogen-bond donors (Lipinski definition) is 0. The second-order valence-corrected chi connectivity index (χ2v) is 12.9. The third kappa shape index (κ3) is 2.80. The molecule has 2 fully saturated rings. The molecule has 12 heteroatoms. The monoisotopic (exact) mass is 524 g/mol. The van der Waals surface area contributed by atoms with Crippen molar-refractivity contribution in [1.29, 1.82) is 0 Å². The van der Waals surface area contributed by atoms with Gasteiger partial charge in [0.15, 0.2) is 18.4 Å². The summed E-state index contributed by atoms with van der Waals surface area (Å²) in [6.45, 7) is 2.55. The molecule has 0 spiro atoms. The topological polar surface area (TPSA) is 124 Å². The van der Waals surface area contributed by atoms with Crippen molar-refractivity contribution in [2.45, 2.75) is 39.9 Å². The van der Waals surface area contributed by atoms with Crippen molar-refractivity contribution in [3.8, 4) is 0 Å². The van der Waals surface area contributed by atoms with E-state index in [2.05, 4.69) is 31.9 Å². The Morgan fingerprint density at radius 3 is 2.37 bits per heavy atom. The Morgan fingerprint density at radius 2 is 1.85 bits per heavy atom. The standard InChI is InChI=1S/C15H14Br2N2O7S/c1-14(2)10(18-12(21)15(16,17)13(18)27(14,24)25)11(20)26-7-8-3-5-9(6-4-8)19(22)23/h3-6,10,13H,7H2,1-2H3/t10-,13+/m0/s1. The molecule has 0 N–H and O–H groups in total. The lowest BCUT2D eigenvalue weighted by atomic mass is 9.98. The highest BCUT2D eigenvalue weighted by molar-refractivity contribution is 9.26. The maximum absolute atomic E-state index is 12.8. The van der Waals surface area contributed by atoms with Crippen LogP contribution in [0.5, 0.6) is 0 Å². The quantitative estimate of drug-likeness (QED) is 0.193. The minimum atomic E-state index is -3.86. The van der Waals surface area contributed by atoms with Crippen LogP contribution in [0.4, 0.5) is 5.69 Å². The molecule has 1 aromatic rings. The zero-order valence-corrected chi connectivity index (χ0v) is 18.1. The number of β-lactam (4-membered cyclic amide) rings is 1. The fourth-order valence-corrected chi connectivity index (χ4v) is 7.64. The fourth-order valence-electron chi connectivity index (χ4n) is 3.21. The van der Waals surface area contributed by atoms with Crippen LogP contribution < -0.4 is 0 Å². The van der Waals surface area contributed by atoms with E-state index < -0.39 is 46.0 Å². The van der Waals surface area contributed by atoms with Crippen molar-refractivity contribution in [3.05, 3.63) is 39.9 Å². The van der Waals surface area contributed by atoms with Gasteiger partial charge in [-0.15, -0.1) is 0 Å². The number of carbonyl (C=O) groups excluding carboxylic acids is 2. The number of hydrogen-bond acceptors (Lipinski definition) is 7. The average Bonchev–Trinajstić information content (AvgIpc) is 2.74. The molecule has 0 aromatic heterocycles. The number of alkyl halides is 2. The van der Waals surface area contributed by atoms with Gasteiger partial charge in [-0.25, -0.2) is 13.2 Å². The molecule has 3 rings (SSSR count). The number of fused-ring (bicyclic) bond motifs is 1. The van der Waals surface area contributed by atoms with E-state index in [1.165, 1.54) is 38.1 Å². The highest BCUT2D eigenvalue weighted by Gasteiger charge is 2.77. The van der Waals surface area contributed by atoms with Crippen LogP contribution in [0.25, 0.3) is 0 Å².